The van der Waals surface area contributed by atoms with Gasteiger partial charge in [-0.3, -0.25) is 14.9 Å². The van der Waals surface area contributed by atoms with Crippen molar-refractivity contribution < 1.29 is 19.1 Å². The number of nitrogens with one attached hydrogen (secondary N) is 1. The first kappa shape index (κ1) is 21.0. The van der Waals surface area contributed by atoms with Crippen LogP contribution >= 0.6 is 0 Å². The van der Waals surface area contributed by atoms with Crippen LogP contribution in [0, 0.1) is 0 Å². The van der Waals surface area contributed by atoms with Gasteiger partial charge < -0.3 is 19.3 Å². The van der Waals surface area contributed by atoms with E-state index in [0.717, 1.165) is 11.1 Å². The molecule has 2 unspecified atom stereocenters. The lowest BCUT2D eigenvalue weighted by Crippen LogP contribution is -2.56. The van der Waals surface area contributed by atoms with E-state index in [1.807, 2.05) is 60.7 Å². The molecule has 2 aromatic carbocycles. The number of rotatable bonds is 9. The number of carbonyl (C=O) groups excluding carboxylic acids is 2. The van der Waals surface area contributed by atoms with Crippen LogP contribution in [-0.2, 0) is 19.1 Å². The van der Waals surface area contributed by atoms with E-state index in [-0.39, 0.29) is 6.23 Å². The quantitative estimate of drug-likeness (QED) is 0.517. The molecule has 0 aliphatic carbocycles. The third-order valence-electron chi connectivity index (χ3n) is 4.98. The number of methoxy groups -OCH3 is 2. The van der Waals surface area contributed by atoms with Crippen molar-refractivity contribution >= 4 is 11.8 Å². The second-order valence-electron chi connectivity index (χ2n) is 6.77. The molecular formula is C22H27N3O4. The van der Waals surface area contributed by atoms with Crippen LogP contribution < -0.4 is 5.32 Å². The van der Waals surface area contributed by atoms with Crippen molar-refractivity contribution in [3.8, 4) is 0 Å². The Balaban J connectivity index is 1.56. The summed E-state index contributed by atoms with van der Waals surface area (Å²) < 4.78 is 11.0. The summed E-state index contributed by atoms with van der Waals surface area (Å²) in [4.78, 5) is 28.4. The highest BCUT2D eigenvalue weighted by atomic mass is 16.5. The summed E-state index contributed by atoms with van der Waals surface area (Å²) in [5.74, 6) is -1.05. The van der Waals surface area contributed by atoms with Crippen molar-refractivity contribution in [2.45, 2.75) is 12.5 Å². The molecule has 1 N–H and O–H groups in total. The molecule has 29 heavy (non-hydrogen) atoms. The third kappa shape index (κ3) is 5.00. The van der Waals surface area contributed by atoms with Crippen molar-refractivity contribution in [3.05, 3.63) is 71.8 Å². The van der Waals surface area contributed by atoms with Crippen molar-refractivity contribution in [1.29, 1.82) is 0 Å². The fourth-order valence-electron chi connectivity index (χ4n) is 3.48. The Kier molecular flexibility index (Phi) is 7.35. The average Bonchev–Trinajstić information content (AvgIpc) is 2.77. The molecule has 3 rings (SSSR count). The zero-order valence-corrected chi connectivity index (χ0v) is 16.8. The van der Waals surface area contributed by atoms with Gasteiger partial charge >= 0.3 is 11.8 Å². The molecule has 0 aromatic heterocycles. The number of benzene rings is 2. The van der Waals surface area contributed by atoms with Crippen LogP contribution in [0.15, 0.2) is 60.7 Å². The zero-order chi connectivity index (χ0) is 20.6. The van der Waals surface area contributed by atoms with Crippen LogP contribution in [0.4, 0.5) is 0 Å². The van der Waals surface area contributed by atoms with E-state index in [4.69, 9.17) is 9.47 Å². The van der Waals surface area contributed by atoms with Crippen LogP contribution in [0.3, 0.4) is 0 Å². The summed E-state index contributed by atoms with van der Waals surface area (Å²) in [6.07, 6.45) is -0.830. The van der Waals surface area contributed by atoms with Gasteiger partial charge in [0.05, 0.1) is 0 Å². The Morgan fingerprint density at radius 2 is 1.48 bits per heavy atom. The Bertz CT molecular complexity index is 798. The minimum atomic E-state index is -0.566. The predicted molar refractivity (Wildman–Crippen MR) is 109 cm³/mol. The molecule has 0 spiro atoms. The van der Waals surface area contributed by atoms with Gasteiger partial charge in [-0.2, -0.15) is 0 Å². The average molecular weight is 397 g/mol. The van der Waals surface area contributed by atoms with Gasteiger partial charge in [-0.15, -0.1) is 0 Å². The number of ether oxygens (including phenoxy) is 2. The van der Waals surface area contributed by atoms with Crippen molar-refractivity contribution in [2.24, 2.45) is 0 Å². The molecule has 2 amide bonds. The molecule has 2 atom stereocenters. The fourth-order valence-corrected chi connectivity index (χ4v) is 3.48. The van der Waals surface area contributed by atoms with Gasteiger partial charge in [-0.1, -0.05) is 60.7 Å². The summed E-state index contributed by atoms with van der Waals surface area (Å²) in [6, 6.07) is 19.2. The van der Waals surface area contributed by atoms with Crippen molar-refractivity contribution in [3.63, 3.8) is 0 Å². The summed E-state index contributed by atoms with van der Waals surface area (Å²) in [6.45, 7) is 1.82. The van der Waals surface area contributed by atoms with Crippen LogP contribution in [0.5, 0.6) is 0 Å². The number of piperazine rings is 1. The van der Waals surface area contributed by atoms with Gasteiger partial charge in [0.15, 0.2) is 6.23 Å². The smallest absolute Gasteiger partial charge is 0.314 e. The predicted octanol–water partition coefficient (Wildman–Crippen LogP) is 1.94. The van der Waals surface area contributed by atoms with E-state index in [1.54, 1.807) is 19.1 Å². The van der Waals surface area contributed by atoms with Crippen LogP contribution in [0.25, 0.3) is 0 Å². The van der Waals surface area contributed by atoms with Crippen LogP contribution in [0.2, 0.25) is 0 Å². The van der Waals surface area contributed by atoms with Gasteiger partial charge in [0.25, 0.3) is 0 Å². The second kappa shape index (κ2) is 10.2. The first-order chi connectivity index (χ1) is 14.2. The summed E-state index contributed by atoms with van der Waals surface area (Å²) in [5.41, 5.74) is 1.85. The highest BCUT2D eigenvalue weighted by molar-refractivity contribution is 6.35. The SMILES string of the molecule is COC(NCCN1CCN(C(OC)c2ccccc2)C(=O)C1=O)c1ccccc1. The zero-order valence-electron chi connectivity index (χ0n) is 16.8. The lowest BCUT2D eigenvalue weighted by atomic mass is 10.1. The van der Waals surface area contributed by atoms with E-state index in [2.05, 4.69) is 5.32 Å². The summed E-state index contributed by atoms with van der Waals surface area (Å²) in [7, 11) is 3.17. The maximum atomic E-state index is 12.7. The molecule has 1 aliphatic rings. The highest BCUT2D eigenvalue weighted by Gasteiger charge is 2.36. The standard InChI is InChI=1S/C22H27N3O4/c1-28-19(17-9-5-3-6-10-17)23-13-14-24-15-16-25(21(27)20(24)26)22(29-2)18-11-7-4-8-12-18/h3-12,19,22-23H,13-16H2,1-2H3. The molecule has 154 valence electrons. The lowest BCUT2D eigenvalue weighted by Gasteiger charge is -2.38. The monoisotopic (exact) mass is 397 g/mol. The molecule has 1 heterocycles. The number of hydrogen-bond acceptors (Lipinski definition) is 5. The number of hydrogen-bond donors (Lipinski definition) is 1. The van der Waals surface area contributed by atoms with Gasteiger partial charge in [0.2, 0.25) is 0 Å². The van der Waals surface area contributed by atoms with Crippen molar-refractivity contribution in [1.82, 2.24) is 15.1 Å². The van der Waals surface area contributed by atoms with Crippen LogP contribution in [0.1, 0.15) is 23.6 Å². The summed E-state index contributed by atoms with van der Waals surface area (Å²) >= 11 is 0. The van der Waals surface area contributed by atoms with Gasteiger partial charge in [-0.05, 0) is 5.56 Å². The molecule has 0 saturated carbocycles. The Hall–Kier alpha value is -2.74. The third-order valence-corrected chi connectivity index (χ3v) is 4.98. The number of carbonyl (C=O) groups is 2. The largest absolute Gasteiger partial charge is 0.362 e. The molecule has 7 heteroatoms. The highest BCUT2D eigenvalue weighted by Crippen LogP contribution is 2.23. The topological polar surface area (TPSA) is 71.1 Å². The molecule has 0 radical (unpaired) electrons. The van der Waals surface area contributed by atoms with E-state index in [1.165, 1.54) is 4.90 Å². The fraction of sp³-hybridized carbons (Fsp3) is 0.364. The molecule has 7 nitrogen and oxygen atoms in total. The minimum Gasteiger partial charge on any atom is -0.362 e. The first-order valence-corrected chi connectivity index (χ1v) is 9.64. The molecule has 1 saturated heterocycles. The lowest BCUT2D eigenvalue weighted by molar-refractivity contribution is -0.165. The summed E-state index contributed by atoms with van der Waals surface area (Å²) in [5, 5.41) is 3.27. The molecular weight excluding hydrogens is 370 g/mol. The van der Waals surface area contributed by atoms with E-state index in [0.29, 0.717) is 26.2 Å². The number of amides is 2. The molecule has 0 bridgehead atoms. The second-order valence-corrected chi connectivity index (χ2v) is 6.77. The van der Waals surface area contributed by atoms with E-state index >= 15 is 0 Å². The van der Waals surface area contributed by atoms with Gasteiger partial charge in [-0.25, -0.2) is 0 Å². The Labute approximate surface area is 171 Å². The van der Waals surface area contributed by atoms with Gasteiger partial charge in [0.1, 0.15) is 6.23 Å². The molecule has 1 fully saturated rings. The molecule has 1 aliphatic heterocycles. The normalized spacial score (nSPS) is 16.8. The van der Waals surface area contributed by atoms with Crippen molar-refractivity contribution in [2.75, 3.05) is 40.4 Å². The minimum absolute atomic E-state index is 0.265. The van der Waals surface area contributed by atoms with Gasteiger partial charge in [0, 0.05) is 46.0 Å². The van der Waals surface area contributed by atoms with Crippen LogP contribution in [-0.4, -0.2) is 62.0 Å². The molecule has 2 aromatic rings. The first-order valence-electron chi connectivity index (χ1n) is 9.64. The maximum Gasteiger partial charge on any atom is 0.314 e. The Morgan fingerprint density at radius 3 is 2.07 bits per heavy atom. The number of nitrogens with zero attached hydrogens (tertiary/aromatic N) is 2. The Morgan fingerprint density at radius 1 is 0.862 bits per heavy atom. The van der Waals surface area contributed by atoms with E-state index in [9.17, 15) is 9.59 Å². The van der Waals surface area contributed by atoms with E-state index < -0.39 is 18.0 Å². The maximum absolute atomic E-state index is 12.7.